The second-order valence-corrected chi connectivity index (χ2v) is 3.18. The minimum absolute atomic E-state index is 0.600. The molecular formula is C7H12N4S. The van der Waals surface area contributed by atoms with Crippen LogP contribution in [0.5, 0.6) is 0 Å². The average Bonchev–Trinajstić information content (AvgIpc) is 2.59. The summed E-state index contributed by atoms with van der Waals surface area (Å²) < 4.78 is 0. The summed E-state index contributed by atoms with van der Waals surface area (Å²) in [6.45, 7) is 0.758. The molecule has 1 aromatic heterocycles. The van der Waals surface area contributed by atoms with Crippen LogP contribution in [0.1, 0.15) is 4.88 Å². The maximum absolute atomic E-state index is 5.18. The lowest BCUT2D eigenvalue weighted by Gasteiger charge is -2.05. The molecule has 1 heterocycles. The Morgan fingerprint density at radius 1 is 1.75 bits per heavy atom. The first-order valence-corrected chi connectivity index (χ1v) is 4.44. The van der Waals surface area contributed by atoms with E-state index in [2.05, 4.69) is 21.8 Å². The molecule has 4 N–H and O–H groups in total. The number of rotatable bonds is 2. The predicted octanol–water partition coefficient (Wildman–Crippen LogP) is 0.287. The van der Waals surface area contributed by atoms with Crippen LogP contribution < -0.4 is 16.6 Å². The lowest BCUT2D eigenvalue weighted by molar-refractivity contribution is 0.850. The average molecular weight is 184 g/mol. The Morgan fingerprint density at radius 2 is 2.58 bits per heavy atom. The van der Waals surface area contributed by atoms with E-state index in [0.717, 1.165) is 6.54 Å². The van der Waals surface area contributed by atoms with E-state index in [0.29, 0.717) is 5.96 Å². The summed E-state index contributed by atoms with van der Waals surface area (Å²) in [6.07, 6.45) is 0. The molecule has 0 aliphatic rings. The van der Waals surface area contributed by atoms with Crippen molar-refractivity contribution < 1.29 is 0 Å². The molecule has 0 saturated carbocycles. The number of hydrogen-bond acceptors (Lipinski definition) is 3. The molecule has 0 atom stereocenters. The summed E-state index contributed by atoms with van der Waals surface area (Å²) in [4.78, 5) is 5.14. The number of nitrogens with two attached hydrogens (primary N) is 1. The van der Waals surface area contributed by atoms with E-state index in [1.165, 1.54) is 4.88 Å². The van der Waals surface area contributed by atoms with Crippen LogP contribution in [0.3, 0.4) is 0 Å². The number of nitrogens with one attached hydrogen (secondary N) is 2. The van der Waals surface area contributed by atoms with E-state index in [4.69, 9.17) is 5.84 Å². The van der Waals surface area contributed by atoms with Crippen LogP contribution in [-0.4, -0.2) is 13.0 Å². The van der Waals surface area contributed by atoms with Crippen LogP contribution in [0, 0.1) is 0 Å². The smallest absolute Gasteiger partial charge is 0.205 e. The topological polar surface area (TPSA) is 62.4 Å². The minimum Gasteiger partial charge on any atom is -0.350 e. The van der Waals surface area contributed by atoms with Gasteiger partial charge in [0.25, 0.3) is 0 Å². The van der Waals surface area contributed by atoms with Gasteiger partial charge in [-0.2, -0.15) is 0 Å². The van der Waals surface area contributed by atoms with E-state index >= 15 is 0 Å². The Balaban J connectivity index is 2.35. The van der Waals surface area contributed by atoms with E-state index in [1.54, 1.807) is 18.4 Å². The van der Waals surface area contributed by atoms with Gasteiger partial charge in [-0.15, -0.1) is 11.3 Å². The van der Waals surface area contributed by atoms with Crippen LogP contribution >= 0.6 is 11.3 Å². The Morgan fingerprint density at radius 3 is 3.08 bits per heavy atom. The summed E-state index contributed by atoms with van der Waals surface area (Å²) in [5.74, 6) is 5.78. The van der Waals surface area contributed by atoms with Gasteiger partial charge >= 0.3 is 0 Å². The maximum atomic E-state index is 5.18. The quantitative estimate of drug-likeness (QED) is 0.268. The first kappa shape index (κ1) is 9.02. The fourth-order valence-electron chi connectivity index (χ4n) is 0.779. The van der Waals surface area contributed by atoms with Gasteiger partial charge in [-0.1, -0.05) is 6.07 Å². The Labute approximate surface area is 75.5 Å². The van der Waals surface area contributed by atoms with Crippen LogP contribution in [0.15, 0.2) is 22.5 Å². The Hall–Kier alpha value is -1.07. The molecular weight excluding hydrogens is 172 g/mol. The summed E-state index contributed by atoms with van der Waals surface area (Å²) >= 11 is 1.70. The van der Waals surface area contributed by atoms with Gasteiger partial charge in [-0.05, 0) is 11.4 Å². The third-order valence-corrected chi connectivity index (χ3v) is 2.25. The molecule has 66 valence electrons. The highest BCUT2D eigenvalue weighted by atomic mass is 32.1. The molecule has 1 aromatic rings. The van der Waals surface area contributed by atoms with Gasteiger partial charge in [0.15, 0.2) is 0 Å². The first-order chi connectivity index (χ1) is 5.86. The van der Waals surface area contributed by atoms with E-state index in [-0.39, 0.29) is 0 Å². The lowest BCUT2D eigenvalue weighted by atomic mass is 10.5. The maximum Gasteiger partial charge on any atom is 0.205 e. The third kappa shape index (κ3) is 2.52. The molecule has 4 nitrogen and oxygen atoms in total. The molecule has 0 saturated heterocycles. The van der Waals surface area contributed by atoms with Gasteiger partial charge in [-0.25, -0.2) is 5.84 Å². The fraction of sp³-hybridized carbons (Fsp3) is 0.286. The molecule has 0 radical (unpaired) electrons. The summed E-state index contributed by atoms with van der Waals surface area (Å²) in [5, 5.41) is 5.08. The zero-order valence-corrected chi connectivity index (χ0v) is 7.69. The first-order valence-electron chi connectivity index (χ1n) is 3.56. The highest BCUT2D eigenvalue weighted by molar-refractivity contribution is 7.09. The highest BCUT2D eigenvalue weighted by Crippen LogP contribution is 2.06. The van der Waals surface area contributed by atoms with Gasteiger partial charge in [0.2, 0.25) is 5.96 Å². The van der Waals surface area contributed by atoms with Crippen LogP contribution in [0.4, 0.5) is 0 Å². The zero-order valence-electron chi connectivity index (χ0n) is 6.87. The van der Waals surface area contributed by atoms with Gasteiger partial charge in [0.1, 0.15) is 0 Å². The largest absolute Gasteiger partial charge is 0.350 e. The molecule has 0 amide bonds. The predicted molar refractivity (Wildman–Crippen MR) is 51.8 cm³/mol. The summed E-state index contributed by atoms with van der Waals surface area (Å²) in [5.41, 5.74) is 2.46. The lowest BCUT2D eigenvalue weighted by Crippen LogP contribution is -2.40. The van der Waals surface area contributed by atoms with Crippen LogP contribution in [-0.2, 0) is 6.54 Å². The van der Waals surface area contributed by atoms with Crippen molar-refractivity contribution in [1.82, 2.24) is 10.7 Å². The SMILES string of the molecule is CN=C(NN)NCc1cccs1. The summed E-state index contributed by atoms with van der Waals surface area (Å²) in [6, 6.07) is 4.07. The van der Waals surface area contributed by atoms with Gasteiger partial charge in [0.05, 0.1) is 6.54 Å². The Kier molecular flexibility index (Phi) is 3.56. The molecule has 5 heteroatoms. The zero-order chi connectivity index (χ0) is 8.81. The van der Waals surface area contributed by atoms with Crippen LogP contribution in [0.2, 0.25) is 0 Å². The second-order valence-electron chi connectivity index (χ2n) is 2.15. The number of thiophene rings is 1. The van der Waals surface area contributed by atoms with Crippen molar-refractivity contribution in [2.75, 3.05) is 7.05 Å². The van der Waals surface area contributed by atoms with Crippen molar-refractivity contribution in [3.05, 3.63) is 22.4 Å². The monoisotopic (exact) mass is 184 g/mol. The molecule has 12 heavy (non-hydrogen) atoms. The minimum atomic E-state index is 0.600. The third-order valence-electron chi connectivity index (χ3n) is 1.37. The molecule has 0 unspecified atom stereocenters. The molecule has 0 aliphatic heterocycles. The van der Waals surface area contributed by atoms with Crippen LogP contribution in [0.25, 0.3) is 0 Å². The van der Waals surface area contributed by atoms with Crippen molar-refractivity contribution in [1.29, 1.82) is 0 Å². The molecule has 1 rings (SSSR count). The number of aliphatic imine (C=N–C) groups is 1. The molecule has 0 fully saturated rings. The number of guanidine groups is 1. The number of hydrogen-bond donors (Lipinski definition) is 3. The molecule has 0 spiro atoms. The normalized spacial score (nSPS) is 11.3. The molecule has 0 aliphatic carbocycles. The fourth-order valence-corrected chi connectivity index (χ4v) is 1.42. The van der Waals surface area contributed by atoms with Crippen molar-refractivity contribution >= 4 is 17.3 Å². The Bertz CT molecular complexity index is 242. The van der Waals surface area contributed by atoms with Gasteiger partial charge < -0.3 is 5.32 Å². The van der Waals surface area contributed by atoms with Crippen molar-refractivity contribution in [2.45, 2.75) is 6.54 Å². The number of nitrogens with zero attached hydrogens (tertiary/aromatic N) is 1. The molecule has 0 bridgehead atoms. The van der Waals surface area contributed by atoms with Gasteiger partial charge in [-0.3, -0.25) is 10.4 Å². The van der Waals surface area contributed by atoms with Crippen molar-refractivity contribution in [3.63, 3.8) is 0 Å². The van der Waals surface area contributed by atoms with Crippen molar-refractivity contribution in [3.8, 4) is 0 Å². The molecule has 0 aromatic carbocycles. The highest BCUT2D eigenvalue weighted by Gasteiger charge is 1.94. The number of hydrazine groups is 1. The van der Waals surface area contributed by atoms with E-state index in [9.17, 15) is 0 Å². The van der Waals surface area contributed by atoms with E-state index < -0.39 is 0 Å². The van der Waals surface area contributed by atoms with Crippen molar-refractivity contribution in [2.24, 2.45) is 10.8 Å². The van der Waals surface area contributed by atoms with E-state index in [1.807, 2.05) is 11.4 Å². The second kappa shape index (κ2) is 4.74. The standard InChI is InChI=1S/C7H12N4S/c1-9-7(11-8)10-5-6-3-2-4-12-6/h2-4H,5,8H2,1H3,(H2,9,10,11). The summed E-state index contributed by atoms with van der Waals surface area (Å²) in [7, 11) is 1.68. The van der Waals surface area contributed by atoms with Gasteiger partial charge in [0, 0.05) is 11.9 Å².